The second kappa shape index (κ2) is 7.39. The van der Waals surface area contributed by atoms with Gasteiger partial charge in [-0.05, 0) is 31.4 Å². The number of anilines is 1. The Morgan fingerprint density at radius 2 is 2.00 bits per heavy atom. The van der Waals surface area contributed by atoms with Crippen LogP contribution in [0.5, 0.6) is 0 Å². The molecule has 3 heterocycles. The van der Waals surface area contributed by atoms with E-state index in [-0.39, 0.29) is 12.1 Å². The highest BCUT2D eigenvalue weighted by Crippen LogP contribution is 2.30. The van der Waals surface area contributed by atoms with E-state index in [1.54, 1.807) is 10.9 Å². The van der Waals surface area contributed by atoms with E-state index in [1.165, 1.54) is 5.56 Å². The number of fused-ring (bicyclic) bond motifs is 1. The first-order valence-corrected chi connectivity index (χ1v) is 9.55. The summed E-state index contributed by atoms with van der Waals surface area (Å²) in [4.78, 5) is 19.5. The van der Waals surface area contributed by atoms with Crippen LogP contribution in [0.15, 0.2) is 42.6 Å². The van der Waals surface area contributed by atoms with Crippen molar-refractivity contribution in [2.45, 2.75) is 38.6 Å². The summed E-state index contributed by atoms with van der Waals surface area (Å²) in [6.07, 6.45) is 6.05. The lowest BCUT2D eigenvalue weighted by atomic mass is 10.0. The zero-order chi connectivity index (χ0) is 18.8. The number of carbonyl (C=O) groups is 1. The highest BCUT2D eigenvalue weighted by Gasteiger charge is 2.27. The molecule has 1 atom stereocenters. The van der Waals surface area contributed by atoms with Crippen molar-refractivity contribution in [3.63, 3.8) is 0 Å². The van der Waals surface area contributed by atoms with Crippen LogP contribution >= 0.6 is 0 Å². The maximum Gasteiger partial charge on any atom is 0.322 e. The quantitative estimate of drug-likeness (QED) is 0.733. The fraction of sp³-hybridized carbons (Fsp3) is 0.381. The number of likely N-dealkylation sites (tertiary alicyclic amines) is 1. The molecular weight excluding hydrogens is 338 g/mol. The lowest BCUT2D eigenvalue weighted by Gasteiger charge is -2.30. The standard InChI is InChI=1S/C21H25N5O/c1-15-18-13-17(14-22-20(18)25(2)24-15)23-21(27)26-12-8-4-7-11-19(26)16-9-5-3-6-10-16/h3,5-6,9-10,13-14,19H,4,7-8,11-12H2,1-2H3,(H,23,27). The van der Waals surface area contributed by atoms with Crippen molar-refractivity contribution in [3.8, 4) is 0 Å². The van der Waals surface area contributed by atoms with Crippen molar-refractivity contribution in [2.24, 2.45) is 7.05 Å². The molecule has 1 unspecified atom stereocenters. The third-order valence-electron chi connectivity index (χ3n) is 5.31. The molecule has 140 valence electrons. The number of pyridine rings is 1. The van der Waals surface area contributed by atoms with Crippen molar-refractivity contribution >= 4 is 22.8 Å². The van der Waals surface area contributed by atoms with Crippen molar-refractivity contribution in [3.05, 3.63) is 53.9 Å². The molecule has 1 saturated heterocycles. The van der Waals surface area contributed by atoms with Gasteiger partial charge in [-0.3, -0.25) is 4.68 Å². The Morgan fingerprint density at radius 3 is 2.81 bits per heavy atom. The highest BCUT2D eigenvalue weighted by molar-refractivity contribution is 5.92. The van der Waals surface area contributed by atoms with E-state index in [0.717, 1.165) is 49.0 Å². The number of hydrogen-bond donors (Lipinski definition) is 1. The van der Waals surface area contributed by atoms with Gasteiger partial charge in [0.2, 0.25) is 0 Å². The molecule has 0 spiro atoms. The topological polar surface area (TPSA) is 63.1 Å². The molecule has 0 bridgehead atoms. The molecule has 0 radical (unpaired) electrons. The van der Waals surface area contributed by atoms with Crippen LogP contribution in [-0.2, 0) is 7.05 Å². The predicted molar refractivity (Wildman–Crippen MR) is 107 cm³/mol. The molecule has 1 fully saturated rings. The molecule has 0 aliphatic carbocycles. The Bertz CT molecular complexity index is 950. The van der Waals surface area contributed by atoms with Crippen LogP contribution in [0, 0.1) is 6.92 Å². The number of nitrogens with zero attached hydrogens (tertiary/aromatic N) is 4. The minimum absolute atomic E-state index is 0.0616. The van der Waals surface area contributed by atoms with E-state index in [9.17, 15) is 4.79 Å². The van der Waals surface area contributed by atoms with Crippen LogP contribution in [0.3, 0.4) is 0 Å². The van der Waals surface area contributed by atoms with Crippen LogP contribution in [0.4, 0.5) is 10.5 Å². The molecule has 3 aromatic rings. The van der Waals surface area contributed by atoms with E-state index in [4.69, 9.17) is 0 Å². The van der Waals surface area contributed by atoms with Gasteiger partial charge in [0.15, 0.2) is 5.65 Å². The molecule has 4 rings (SSSR count). The number of aromatic nitrogens is 3. The minimum atomic E-state index is -0.0616. The van der Waals surface area contributed by atoms with Crippen LogP contribution in [-0.4, -0.2) is 32.2 Å². The highest BCUT2D eigenvalue weighted by atomic mass is 16.2. The number of hydrogen-bond acceptors (Lipinski definition) is 3. The van der Waals surface area contributed by atoms with Crippen LogP contribution < -0.4 is 5.32 Å². The van der Waals surface area contributed by atoms with Gasteiger partial charge in [-0.15, -0.1) is 0 Å². The number of aryl methyl sites for hydroxylation is 2. The number of rotatable bonds is 2. The first-order valence-electron chi connectivity index (χ1n) is 9.55. The van der Waals surface area contributed by atoms with Crippen molar-refractivity contribution in [2.75, 3.05) is 11.9 Å². The van der Waals surface area contributed by atoms with Gasteiger partial charge in [0, 0.05) is 19.0 Å². The predicted octanol–water partition coefficient (Wildman–Crippen LogP) is 4.43. The molecule has 1 aliphatic heterocycles. The molecule has 27 heavy (non-hydrogen) atoms. The SMILES string of the molecule is Cc1nn(C)c2ncc(NC(=O)N3CCCCCC3c3ccccc3)cc12. The maximum absolute atomic E-state index is 13.1. The number of nitrogens with one attached hydrogen (secondary N) is 1. The zero-order valence-electron chi connectivity index (χ0n) is 15.9. The number of amides is 2. The normalized spacial score (nSPS) is 17.7. The van der Waals surface area contributed by atoms with Crippen molar-refractivity contribution in [1.29, 1.82) is 0 Å². The summed E-state index contributed by atoms with van der Waals surface area (Å²) in [5, 5.41) is 8.41. The third kappa shape index (κ3) is 3.52. The molecular formula is C21H25N5O. The number of urea groups is 1. The summed E-state index contributed by atoms with van der Waals surface area (Å²) < 4.78 is 1.76. The Morgan fingerprint density at radius 1 is 1.19 bits per heavy atom. The number of benzene rings is 1. The van der Waals surface area contributed by atoms with E-state index in [0.29, 0.717) is 5.69 Å². The van der Waals surface area contributed by atoms with Crippen LogP contribution in [0.2, 0.25) is 0 Å². The zero-order valence-corrected chi connectivity index (χ0v) is 15.9. The molecule has 2 amide bonds. The Labute approximate surface area is 159 Å². The van der Waals surface area contributed by atoms with E-state index in [1.807, 2.05) is 43.1 Å². The van der Waals surface area contributed by atoms with Gasteiger partial charge in [-0.25, -0.2) is 9.78 Å². The first kappa shape index (κ1) is 17.5. The fourth-order valence-corrected chi connectivity index (χ4v) is 3.94. The van der Waals surface area contributed by atoms with Gasteiger partial charge in [0.1, 0.15) is 0 Å². The van der Waals surface area contributed by atoms with Gasteiger partial charge in [0.25, 0.3) is 0 Å². The molecule has 1 aromatic carbocycles. The maximum atomic E-state index is 13.1. The molecule has 6 nitrogen and oxygen atoms in total. The van der Waals surface area contributed by atoms with Crippen LogP contribution in [0.25, 0.3) is 11.0 Å². The molecule has 1 aliphatic rings. The second-order valence-corrected chi connectivity index (χ2v) is 7.20. The Balaban J connectivity index is 1.59. The second-order valence-electron chi connectivity index (χ2n) is 7.20. The van der Waals surface area contributed by atoms with Crippen LogP contribution in [0.1, 0.15) is 43.0 Å². The lowest BCUT2D eigenvalue weighted by molar-refractivity contribution is 0.189. The van der Waals surface area contributed by atoms with Gasteiger partial charge >= 0.3 is 6.03 Å². The summed E-state index contributed by atoms with van der Waals surface area (Å²) in [7, 11) is 1.88. The molecule has 6 heteroatoms. The van der Waals surface area contributed by atoms with Crippen molar-refractivity contribution < 1.29 is 4.79 Å². The lowest BCUT2D eigenvalue weighted by Crippen LogP contribution is -2.38. The van der Waals surface area contributed by atoms with Gasteiger partial charge in [-0.2, -0.15) is 5.10 Å². The minimum Gasteiger partial charge on any atom is -0.317 e. The summed E-state index contributed by atoms with van der Waals surface area (Å²) >= 11 is 0. The average molecular weight is 363 g/mol. The van der Waals surface area contributed by atoms with Gasteiger partial charge in [-0.1, -0.05) is 43.2 Å². The summed E-state index contributed by atoms with van der Waals surface area (Å²) in [5.74, 6) is 0. The summed E-state index contributed by atoms with van der Waals surface area (Å²) in [5.41, 5.74) is 3.64. The largest absolute Gasteiger partial charge is 0.322 e. The van der Waals surface area contributed by atoms with E-state index < -0.39 is 0 Å². The Hall–Kier alpha value is -2.89. The third-order valence-corrected chi connectivity index (χ3v) is 5.31. The Kier molecular flexibility index (Phi) is 4.79. The van der Waals surface area contributed by atoms with E-state index in [2.05, 4.69) is 27.5 Å². The summed E-state index contributed by atoms with van der Waals surface area (Å²) in [6.45, 7) is 2.73. The van der Waals surface area contributed by atoms with Gasteiger partial charge < -0.3 is 10.2 Å². The summed E-state index contributed by atoms with van der Waals surface area (Å²) in [6, 6.07) is 12.3. The molecule has 1 N–H and O–H groups in total. The van der Waals surface area contributed by atoms with Gasteiger partial charge in [0.05, 0.1) is 23.6 Å². The smallest absolute Gasteiger partial charge is 0.317 e. The van der Waals surface area contributed by atoms with E-state index >= 15 is 0 Å². The fourth-order valence-electron chi connectivity index (χ4n) is 3.94. The molecule has 0 saturated carbocycles. The average Bonchev–Trinajstić information content (AvgIpc) is 2.86. The molecule has 2 aromatic heterocycles. The number of carbonyl (C=O) groups excluding carboxylic acids is 1. The monoisotopic (exact) mass is 363 g/mol. The van der Waals surface area contributed by atoms with Crippen molar-refractivity contribution in [1.82, 2.24) is 19.7 Å². The first-order chi connectivity index (χ1) is 13.1.